The summed E-state index contributed by atoms with van der Waals surface area (Å²) in [5, 5.41) is 3.72. The number of aromatic nitrogens is 1. The lowest BCUT2D eigenvalue weighted by atomic mass is 10.1. The van der Waals surface area contributed by atoms with Crippen LogP contribution in [0.25, 0.3) is 0 Å². The van der Waals surface area contributed by atoms with E-state index in [9.17, 15) is 9.59 Å². The van der Waals surface area contributed by atoms with Gasteiger partial charge >= 0.3 is 0 Å². The van der Waals surface area contributed by atoms with Crippen molar-refractivity contribution >= 4 is 52.1 Å². The summed E-state index contributed by atoms with van der Waals surface area (Å²) in [4.78, 5) is 33.9. The number of nitrogens with one attached hydrogen (secondary N) is 1. The molecule has 0 bridgehead atoms. The molecule has 1 aliphatic rings. The molecule has 174 valence electrons. The lowest BCUT2D eigenvalue weighted by Gasteiger charge is -2.23. The summed E-state index contributed by atoms with van der Waals surface area (Å²) in [6.45, 7) is 2.77. The molecule has 34 heavy (non-hydrogen) atoms. The fourth-order valence-electron chi connectivity index (χ4n) is 3.70. The quantitative estimate of drug-likeness (QED) is 0.459. The Morgan fingerprint density at radius 3 is 2.50 bits per heavy atom. The first-order valence-corrected chi connectivity index (χ1v) is 11.6. The molecule has 3 aromatic rings. The highest BCUT2D eigenvalue weighted by Crippen LogP contribution is 2.29. The van der Waals surface area contributed by atoms with E-state index in [1.165, 1.54) is 4.90 Å². The topological polar surface area (TPSA) is 74.8 Å². The summed E-state index contributed by atoms with van der Waals surface area (Å²) < 4.78 is 5.43. The van der Waals surface area contributed by atoms with Crippen LogP contribution in [0.15, 0.2) is 72.9 Å². The van der Waals surface area contributed by atoms with Crippen LogP contribution in [-0.4, -0.2) is 39.5 Å². The molecule has 1 aromatic heterocycles. The lowest BCUT2D eigenvalue weighted by molar-refractivity contribution is -0.124. The predicted molar refractivity (Wildman–Crippen MR) is 136 cm³/mol. The highest BCUT2D eigenvalue weighted by molar-refractivity contribution is 7.80. The van der Waals surface area contributed by atoms with E-state index in [-0.39, 0.29) is 18.2 Å². The Hall–Kier alpha value is -3.49. The summed E-state index contributed by atoms with van der Waals surface area (Å²) in [6, 6.07) is 18.7. The molecule has 2 heterocycles. The van der Waals surface area contributed by atoms with Gasteiger partial charge < -0.3 is 15.0 Å². The Morgan fingerprint density at radius 2 is 1.85 bits per heavy atom. The van der Waals surface area contributed by atoms with E-state index in [0.717, 1.165) is 11.4 Å². The van der Waals surface area contributed by atoms with Crippen LogP contribution < -0.4 is 15.0 Å². The second-order valence-electron chi connectivity index (χ2n) is 7.61. The van der Waals surface area contributed by atoms with Gasteiger partial charge in [-0.05, 0) is 79.8 Å². The highest BCUT2D eigenvalue weighted by Gasteiger charge is 2.44. The number of pyridine rings is 1. The van der Waals surface area contributed by atoms with Crippen LogP contribution in [-0.2, 0) is 16.1 Å². The second-order valence-corrected chi connectivity index (χ2v) is 8.41. The van der Waals surface area contributed by atoms with Gasteiger partial charge in [0.25, 0.3) is 5.91 Å². The maximum Gasteiger partial charge on any atom is 0.256 e. The van der Waals surface area contributed by atoms with Crippen molar-refractivity contribution in [2.45, 2.75) is 25.9 Å². The van der Waals surface area contributed by atoms with Gasteiger partial charge in [0.05, 0.1) is 31.0 Å². The third-order valence-electron chi connectivity index (χ3n) is 5.29. The van der Waals surface area contributed by atoms with Crippen LogP contribution in [0.1, 0.15) is 19.0 Å². The standard InChI is InChI=1S/C25H23ClN4O3S/c1-2-33-21-12-8-18(9-13-21)28-23(31)15-22-24(32)30(20-10-6-17(26)7-11-20)25(34)29(22)16-19-5-3-4-14-27-19/h3-14,22H,2,15-16H2,1H3,(H,28,31)/t22-/m1/s1. The summed E-state index contributed by atoms with van der Waals surface area (Å²) in [7, 11) is 0. The first kappa shape index (κ1) is 23.7. The largest absolute Gasteiger partial charge is 0.494 e. The Kier molecular flexibility index (Phi) is 7.40. The molecule has 0 radical (unpaired) electrons. The summed E-state index contributed by atoms with van der Waals surface area (Å²) in [6.07, 6.45) is 1.62. The number of hydrogen-bond donors (Lipinski definition) is 1. The average molecular weight is 495 g/mol. The maximum atomic E-state index is 13.5. The number of hydrogen-bond acceptors (Lipinski definition) is 5. The first-order chi connectivity index (χ1) is 16.5. The van der Waals surface area contributed by atoms with E-state index in [4.69, 9.17) is 28.6 Å². The number of nitrogens with zero attached hydrogens (tertiary/aromatic N) is 3. The fraction of sp³-hybridized carbons (Fsp3) is 0.200. The monoisotopic (exact) mass is 494 g/mol. The molecule has 1 aliphatic heterocycles. The maximum absolute atomic E-state index is 13.5. The van der Waals surface area contributed by atoms with E-state index >= 15 is 0 Å². The van der Waals surface area contributed by atoms with Gasteiger partial charge in [0, 0.05) is 16.9 Å². The molecule has 9 heteroatoms. The number of ether oxygens (including phenoxy) is 1. The molecule has 0 aliphatic carbocycles. The predicted octanol–water partition coefficient (Wildman–Crippen LogP) is 4.66. The number of carbonyl (C=O) groups excluding carboxylic acids is 2. The minimum absolute atomic E-state index is 0.0664. The molecule has 0 saturated carbocycles. The fourth-order valence-corrected chi connectivity index (χ4v) is 4.21. The first-order valence-electron chi connectivity index (χ1n) is 10.8. The lowest BCUT2D eigenvalue weighted by Crippen LogP contribution is -2.37. The highest BCUT2D eigenvalue weighted by atomic mass is 35.5. The van der Waals surface area contributed by atoms with Crippen molar-refractivity contribution in [2.24, 2.45) is 0 Å². The van der Waals surface area contributed by atoms with Crippen LogP contribution >= 0.6 is 23.8 Å². The summed E-state index contributed by atoms with van der Waals surface area (Å²) >= 11 is 11.7. The molecule has 0 unspecified atom stereocenters. The van der Waals surface area contributed by atoms with E-state index in [1.807, 2.05) is 25.1 Å². The molecular weight excluding hydrogens is 472 g/mol. The number of carbonyl (C=O) groups is 2. The van der Waals surface area contributed by atoms with Crippen LogP contribution in [0.4, 0.5) is 11.4 Å². The normalized spacial score (nSPS) is 15.5. The molecule has 1 atom stereocenters. The summed E-state index contributed by atoms with van der Waals surface area (Å²) in [5.41, 5.74) is 1.96. The zero-order valence-corrected chi connectivity index (χ0v) is 20.1. The van der Waals surface area contributed by atoms with Crippen molar-refractivity contribution in [1.82, 2.24) is 9.88 Å². The molecule has 0 spiro atoms. The van der Waals surface area contributed by atoms with Crippen molar-refractivity contribution in [1.29, 1.82) is 0 Å². The number of thiocarbonyl (C=S) groups is 1. The number of amides is 2. The van der Waals surface area contributed by atoms with E-state index < -0.39 is 6.04 Å². The van der Waals surface area contributed by atoms with Gasteiger partial charge in [0.1, 0.15) is 11.8 Å². The molecule has 1 N–H and O–H groups in total. The minimum atomic E-state index is -0.770. The van der Waals surface area contributed by atoms with Crippen LogP contribution in [0, 0.1) is 0 Å². The molecule has 4 rings (SSSR count). The SMILES string of the molecule is CCOc1ccc(NC(=O)C[C@@H]2C(=O)N(c3ccc(Cl)cc3)C(=S)N2Cc2ccccn2)cc1. The Bertz CT molecular complexity index is 1170. The van der Waals surface area contributed by atoms with Crippen molar-refractivity contribution in [3.8, 4) is 5.75 Å². The molecule has 2 aromatic carbocycles. The zero-order chi connectivity index (χ0) is 24.1. The molecule has 1 saturated heterocycles. The minimum Gasteiger partial charge on any atom is -0.494 e. The van der Waals surface area contributed by atoms with E-state index in [0.29, 0.717) is 34.7 Å². The number of rotatable bonds is 8. The Labute approximate surface area is 208 Å². The molecule has 2 amide bonds. The van der Waals surface area contributed by atoms with Crippen LogP contribution in [0.5, 0.6) is 5.75 Å². The van der Waals surface area contributed by atoms with Crippen molar-refractivity contribution in [3.05, 3.63) is 83.6 Å². The van der Waals surface area contributed by atoms with Gasteiger partial charge in [-0.2, -0.15) is 0 Å². The van der Waals surface area contributed by atoms with Gasteiger partial charge in [0.2, 0.25) is 5.91 Å². The van der Waals surface area contributed by atoms with Gasteiger partial charge in [-0.3, -0.25) is 19.5 Å². The van der Waals surface area contributed by atoms with Gasteiger partial charge in [-0.15, -0.1) is 0 Å². The smallest absolute Gasteiger partial charge is 0.256 e. The van der Waals surface area contributed by atoms with E-state index in [2.05, 4.69) is 10.3 Å². The van der Waals surface area contributed by atoms with Crippen LogP contribution in [0.3, 0.4) is 0 Å². The van der Waals surface area contributed by atoms with E-state index in [1.54, 1.807) is 59.6 Å². The second kappa shape index (κ2) is 10.6. The van der Waals surface area contributed by atoms with Crippen molar-refractivity contribution in [3.63, 3.8) is 0 Å². The van der Waals surface area contributed by atoms with Crippen molar-refractivity contribution in [2.75, 3.05) is 16.8 Å². The van der Waals surface area contributed by atoms with Gasteiger partial charge in [-0.1, -0.05) is 17.7 Å². The third-order valence-corrected chi connectivity index (χ3v) is 5.96. The van der Waals surface area contributed by atoms with Crippen LogP contribution in [0.2, 0.25) is 5.02 Å². The number of benzene rings is 2. The third kappa shape index (κ3) is 5.35. The average Bonchev–Trinajstić information content (AvgIpc) is 3.06. The Balaban J connectivity index is 1.55. The van der Waals surface area contributed by atoms with Gasteiger partial charge in [-0.25, -0.2) is 0 Å². The number of anilines is 2. The Morgan fingerprint density at radius 1 is 1.12 bits per heavy atom. The van der Waals surface area contributed by atoms with Crippen molar-refractivity contribution < 1.29 is 14.3 Å². The molecular formula is C25H23ClN4O3S. The van der Waals surface area contributed by atoms with Gasteiger partial charge in [0.15, 0.2) is 5.11 Å². The summed E-state index contributed by atoms with van der Waals surface area (Å²) in [5.74, 6) is 0.149. The number of halogens is 1. The molecule has 1 fully saturated rings. The zero-order valence-electron chi connectivity index (χ0n) is 18.5. The molecule has 7 nitrogen and oxygen atoms in total.